The minimum absolute atomic E-state index is 0.271. The van der Waals surface area contributed by atoms with E-state index in [4.69, 9.17) is 14.2 Å². The Morgan fingerprint density at radius 2 is 1.78 bits per heavy atom. The van der Waals surface area contributed by atoms with Gasteiger partial charge in [-0.05, 0) is 54.4 Å². The molecule has 0 saturated heterocycles. The lowest BCUT2D eigenvalue weighted by Gasteiger charge is -2.10. The van der Waals surface area contributed by atoms with E-state index in [1.54, 1.807) is 36.1 Å². The molecule has 5 rings (SSSR count). The first kappa shape index (κ1) is 24.0. The van der Waals surface area contributed by atoms with E-state index in [1.165, 1.54) is 6.33 Å². The fourth-order valence-corrected chi connectivity index (χ4v) is 3.96. The Balaban J connectivity index is 1.25. The molecule has 1 N–H and O–H groups in total. The summed E-state index contributed by atoms with van der Waals surface area (Å²) in [6.45, 7) is 2.79. The number of hydrogen-bond acceptors (Lipinski definition) is 6. The highest BCUT2D eigenvalue weighted by Crippen LogP contribution is 2.26. The monoisotopic (exact) mass is 494 g/mol. The largest absolute Gasteiger partial charge is 0.497 e. The van der Waals surface area contributed by atoms with Gasteiger partial charge in [0.1, 0.15) is 17.8 Å². The molecule has 8 heteroatoms. The molecule has 0 aliphatic carbocycles. The highest BCUT2D eigenvalue weighted by atomic mass is 16.5. The van der Waals surface area contributed by atoms with E-state index in [1.807, 2.05) is 67.6 Å². The number of carbonyl (C=O) groups excluding carboxylic acids is 1. The molecule has 0 aliphatic rings. The molecule has 3 aromatic carbocycles. The average Bonchev–Trinajstić information content (AvgIpc) is 3.33. The summed E-state index contributed by atoms with van der Waals surface area (Å²) in [5, 5.41) is 3.78. The molecular formula is C29H26N4O4. The third-order valence-electron chi connectivity index (χ3n) is 5.70. The molecule has 0 radical (unpaired) electrons. The van der Waals surface area contributed by atoms with E-state index in [0.29, 0.717) is 36.3 Å². The Labute approximate surface area is 214 Å². The first-order valence-corrected chi connectivity index (χ1v) is 11.8. The third kappa shape index (κ3) is 5.94. The van der Waals surface area contributed by atoms with Crippen LogP contribution in [0, 0.1) is 6.92 Å². The molecule has 0 bridgehead atoms. The van der Waals surface area contributed by atoms with Gasteiger partial charge in [0.2, 0.25) is 5.88 Å². The average molecular weight is 495 g/mol. The molecule has 0 spiro atoms. The highest BCUT2D eigenvalue weighted by molar-refractivity contribution is 5.99. The van der Waals surface area contributed by atoms with Gasteiger partial charge in [0.25, 0.3) is 0 Å². The minimum Gasteiger partial charge on any atom is -0.497 e. The molecule has 2 aromatic heterocycles. The van der Waals surface area contributed by atoms with Gasteiger partial charge < -0.3 is 19.5 Å². The van der Waals surface area contributed by atoms with Crippen molar-refractivity contribution < 1.29 is 19.0 Å². The van der Waals surface area contributed by atoms with E-state index in [2.05, 4.69) is 15.3 Å². The van der Waals surface area contributed by atoms with Gasteiger partial charge >= 0.3 is 6.03 Å². The fraction of sp³-hybridized carbons (Fsp3) is 0.138. The first-order valence-electron chi connectivity index (χ1n) is 11.8. The molecule has 1 amide bonds. The Hall–Kier alpha value is -4.69. The summed E-state index contributed by atoms with van der Waals surface area (Å²) in [5.74, 6) is 1.70. The van der Waals surface area contributed by atoms with Crippen molar-refractivity contribution in [1.82, 2.24) is 14.5 Å². The zero-order valence-corrected chi connectivity index (χ0v) is 20.5. The van der Waals surface area contributed by atoms with Crippen LogP contribution in [-0.2, 0) is 18.0 Å². The summed E-state index contributed by atoms with van der Waals surface area (Å²) in [4.78, 5) is 21.4. The molecule has 0 aliphatic heterocycles. The molecule has 0 saturated carbocycles. The number of aryl methyl sites for hydroxylation is 1. The summed E-state index contributed by atoms with van der Waals surface area (Å²) in [6.07, 6.45) is 3.18. The zero-order chi connectivity index (χ0) is 25.6. The van der Waals surface area contributed by atoms with Gasteiger partial charge in [-0.3, -0.25) is 4.57 Å². The van der Waals surface area contributed by atoms with Crippen LogP contribution < -0.4 is 14.8 Å². The summed E-state index contributed by atoms with van der Waals surface area (Å²) in [6, 6.07) is 24.4. The number of nitrogens with zero attached hydrogens (tertiary/aromatic N) is 3. The van der Waals surface area contributed by atoms with Crippen LogP contribution >= 0.6 is 0 Å². The lowest BCUT2D eigenvalue weighted by atomic mass is 10.2. The van der Waals surface area contributed by atoms with E-state index >= 15 is 0 Å². The number of nitrogens with one attached hydrogen (secondary N) is 1. The van der Waals surface area contributed by atoms with Crippen LogP contribution in [0.4, 0.5) is 10.5 Å². The van der Waals surface area contributed by atoms with Crippen LogP contribution in [0.15, 0.2) is 91.4 Å². The Bertz CT molecular complexity index is 1530. The van der Waals surface area contributed by atoms with Crippen molar-refractivity contribution in [3.63, 3.8) is 0 Å². The van der Waals surface area contributed by atoms with Gasteiger partial charge in [-0.25, -0.2) is 14.8 Å². The summed E-state index contributed by atoms with van der Waals surface area (Å²) in [7, 11) is 1.60. The van der Waals surface area contributed by atoms with Crippen LogP contribution in [-0.4, -0.2) is 27.7 Å². The Morgan fingerprint density at radius 3 is 2.62 bits per heavy atom. The van der Waals surface area contributed by atoms with Crippen molar-refractivity contribution >= 4 is 22.6 Å². The van der Waals surface area contributed by atoms with Crippen LogP contribution in [0.25, 0.3) is 10.9 Å². The quantitative estimate of drug-likeness (QED) is 0.271. The number of rotatable bonds is 8. The second kappa shape index (κ2) is 10.9. The smallest absolute Gasteiger partial charge is 0.330 e. The maximum atomic E-state index is 12.9. The topological polar surface area (TPSA) is 87.5 Å². The standard InChI is InChI=1S/C29H26N4O4/c1-20-12-23(15-26(13-20)35-2)32-29(34)33-11-10-22-14-25(8-9-27(22)33)37-28-16-24(30-19-31-28)18-36-17-21-6-4-3-5-7-21/h3-16,19H,17-18H2,1-2H3,(H,32,34). The van der Waals surface area contributed by atoms with Crippen LogP contribution in [0.2, 0.25) is 0 Å². The van der Waals surface area contributed by atoms with E-state index in [0.717, 1.165) is 27.7 Å². The second-order valence-corrected chi connectivity index (χ2v) is 8.50. The Morgan fingerprint density at radius 1 is 0.919 bits per heavy atom. The molecular weight excluding hydrogens is 468 g/mol. The summed E-state index contributed by atoms with van der Waals surface area (Å²) >= 11 is 0. The van der Waals surface area contributed by atoms with E-state index in [-0.39, 0.29) is 6.03 Å². The number of anilines is 1. The number of methoxy groups -OCH3 is 1. The SMILES string of the molecule is COc1cc(C)cc(NC(=O)n2ccc3cc(Oc4cc(COCc5ccccc5)ncn4)ccc32)c1. The van der Waals surface area contributed by atoms with Gasteiger partial charge in [-0.1, -0.05) is 30.3 Å². The number of amides is 1. The molecule has 0 atom stereocenters. The summed E-state index contributed by atoms with van der Waals surface area (Å²) < 4.78 is 18.6. The molecule has 37 heavy (non-hydrogen) atoms. The predicted molar refractivity (Wildman–Crippen MR) is 141 cm³/mol. The second-order valence-electron chi connectivity index (χ2n) is 8.50. The fourth-order valence-electron chi connectivity index (χ4n) is 3.96. The maximum Gasteiger partial charge on any atom is 0.330 e. The van der Waals surface area contributed by atoms with Gasteiger partial charge in [0.15, 0.2) is 0 Å². The van der Waals surface area contributed by atoms with Crippen molar-refractivity contribution in [2.24, 2.45) is 0 Å². The lowest BCUT2D eigenvalue weighted by molar-refractivity contribution is 0.104. The van der Waals surface area contributed by atoms with Gasteiger partial charge in [-0.2, -0.15) is 0 Å². The number of carbonyl (C=O) groups is 1. The van der Waals surface area contributed by atoms with Gasteiger partial charge in [-0.15, -0.1) is 0 Å². The molecule has 0 unspecified atom stereocenters. The van der Waals surface area contributed by atoms with Gasteiger partial charge in [0.05, 0.1) is 31.5 Å². The highest BCUT2D eigenvalue weighted by Gasteiger charge is 2.12. The number of benzene rings is 3. The van der Waals surface area contributed by atoms with Crippen LogP contribution in [0.5, 0.6) is 17.4 Å². The van der Waals surface area contributed by atoms with E-state index < -0.39 is 0 Å². The van der Waals surface area contributed by atoms with E-state index in [9.17, 15) is 4.79 Å². The molecule has 2 heterocycles. The normalized spacial score (nSPS) is 10.9. The first-order chi connectivity index (χ1) is 18.1. The Kier molecular flexibility index (Phi) is 7.09. The number of ether oxygens (including phenoxy) is 3. The molecule has 5 aromatic rings. The third-order valence-corrected chi connectivity index (χ3v) is 5.70. The minimum atomic E-state index is -0.271. The van der Waals surface area contributed by atoms with Crippen LogP contribution in [0.1, 0.15) is 16.8 Å². The molecule has 0 fully saturated rings. The summed E-state index contributed by atoms with van der Waals surface area (Å²) in [5.41, 5.74) is 4.22. The maximum absolute atomic E-state index is 12.9. The van der Waals surface area contributed by atoms with Crippen molar-refractivity contribution in [2.75, 3.05) is 12.4 Å². The van der Waals surface area contributed by atoms with Crippen molar-refractivity contribution in [2.45, 2.75) is 20.1 Å². The van der Waals surface area contributed by atoms with Crippen LogP contribution in [0.3, 0.4) is 0 Å². The molecule has 186 valence electrons. The molecule has 8 nitrogen and oxygen atoms in total. The number of aromatic nitrogens is 3. The number of fused-ring (bicyclic) bond motifs is 1. The predicted octanol–water partition coefficient (Wildman–Crippen LogP) is 6.34. The lowest BCUT2D eigenvalue weighted by Crippen LogP contribution is -2.18. The number of hydrogen-bond donors (Lipinski definition) is 1. The van der Waals surface area contributed by atoms with Crippen molar-refractivity contribution in [1.29, 1.82) is 0 Å². The van der Waals surface area contributed by atoms with Gasteiger partial charge in [0, 0.05) is 29.4 Å². The zero-order valence-electron chi connectivity index (χ0n) is 20.5. The van der Waals surface area contributed by atoms with Crippen molar-refractivity contribution in [3.8, 4) is 17.4 Å². The van der Waals surface area contributed by atoms with Crippen molar-refractivity contribution in [3.05, 3.63) is 108 Å².